The van der Waals surface area contributed by atoms with E-state index in [1.807, 2.05) is 45.0 Å². The Morgan fingerprint density at radius 1 is 1.16 bits per heavy atom. The van der Waals surface area contributed by atoms with Crippen molar-refractivity contribution in [1.29, 1.82) is 0 Å². The second-order valence-electron chi connectivity index (χ2n) is 10.4. The Labute approximate surface area is 216 Å². The molecule has 4 heterocycles. The largest absolute Gasteiger partial charge is 0.455 e. The van der Waals surface area contributed by atoms with Crippen molar-refractivity contribution in [1.82, 2.24) is 29.5 Å². The number of nitrogens with zero attached hydrogens (tertiary/aromatic N) is 6. The van der Waals surface area contributed by atoms with Gasteiger partial charge in [-0.1, -0.05) is 19.3 Å². The Hall–Kier alpha value is -3.95. The van der Waals surface area contributed by atoms with Gasteiger partial charge >= 0.3 is 12.1 Å². The maximum absolute atomic E-state index is 13.2. The van der Waals surface area contributed by atoms with Crippen LogP contribution in [0.4, 0.5) is 15.4 Å². The molecule has 0 atom stereocenters. The molecule has 10 nitrogen and oxygen atoms in total. The van der Waals surface area contributed by atoms with Gasteiger partial charge in [0.25, 0.3) is 0 Å². The van der Waals surface area contributed by atoms with Crippen molar-refractivity contribution in [3.8, 4) is 22.8 Å². The van der Waals surface area contributed by atoms with E-state index in [0.29, 0.717) is 29.6 Å². The number of amides is 4. The maximum Gasteiger partial charge on any atom is 0.331 e. The van der Waals surface area contributed by atoms with E-state index in [4.69, 9.17) is 4.74 Å². The first-order chi connectivity index (χ1) is 17.7. The number of hydrogen-bond acceptors (Lipinski definition) is 6. The molecule has 3 aromatic heterocycles. The van der Waals surface area contributed by atoms with Crippen molar-refractivity contribution in [3.05, 3.63) is 48.5 Å². The van der Waals surface area contributed by atoms with Gasteiger partial charge in [-0.3, -0.25) is 15.0 Å². The normalized spacial score (nSPS) is 17.8. The lowest BCUT2D eigenvalue weighted by Crippen LogP contribution is -2.49. The van der Waals surface area contributed by atoms with Gasteiger partial charge in [0.2, 0.25) is 0 Å². The third-order valence-electron chi connectivity index (χ3n) is 7.05. The van der Waals surface area contributed by atoms with Crippen LogP contribution in [0.2, 0.25) is 0 Å². The summed E-state index contributed by atoms with van der Waals surface area (Å²) in [6.07, 6.45) is 10.8. The van der Waals surface area contributed by atoms with Crippen LogP contribution in [0.1, 0.15) is 51.6 Å². The second kappa shape index (κ2) is 9.84. The highest BCUT2D eigenvalue weighted by Crippen LogP contribution is 2.35. The van der Waals surface area contributed by atoms with Gasteiger partial charge in [-0.15, -0.1) is 0 Å². The zero-order chi connectivity index (χ0) is 26.2. The van der Waals surface area contributed by atoms with Gasteiger partial charge in [-0.25, -0.2) is 19.5 Å². The Morgan fingerprint density at radius 2 is 1.95 bits per heavy atom. The molecule has 37 heavy (non-hydrogen) atoms. The van der Waals surface area contributed by atoms with E-state index in [9.17, 15) is 9.59 Å². The Kier molecular flexibility index (Phi) is 6.57. The fourth-order valence-corrected chi connectivity index (χ4v) is 5.28. The lowest BCUT2D eigenvalue weighted by atomic mass is 9.91. The summed E-state index contributed by atoms with van der Waals surface area (Å²) in [4.78, 5) is 38.4. The number of aromatic nitrogens is 4. The molecule has 0 aromatic carbocycles. The fourth-order valence-electron chi connectivity index (χ4n) is 5.28. The number of carbonyl (C=O) groups excluding carboxylic acids is 2. The number of nitrogens with one attached hydrogen (secondary N) is 1. The lowest BCUT2D eigenvalue weighted by Gasteiger charge is -2.38. The number of ether oxygens (including phenoxy) is 1. The Balaban J connectivity index is 1.26. The number of aryl methyl sites for hydroxylation is 2. The van der Waals surface area contributed by atoms with Crippen LogP contribution >= 0.6 is 0 Å². The summed E-state index contributed by atoms with van der Waals surface area (Å²) in [6.45, 7) is 6.21. The van der Waals surface area contributed by atoms with E-state index in [1.54, 1.807) is 35.3 Å². The van der Waals surface area contributed by atoms with Crippen LogP contribution in [0, 0.1) is 6.92 Å². The lowest BCUT2D eigenvalue weighted by molar-refractivity contribution is 0.116. The molecule has 2 fully saturated rings. The molecule has 1 saturated carbocycles. The highest BCUT2D eigenvalue weighted by Gasteiger charge is 2.48. The number of anilines is 1. The highest BCUT2D eigenvalue weighted by atomic mass is 16.5. The minimum atomic E-state index is -0.466. The summed E-state index contributed by atoms with van der Waals surface area (Å²) in [5.41, 5.74) is 1.84. The van der Waals surface area contributed by atoms with Crippen LogP contribution in [0.15, 0.2) is 42.9 Å². The zero-order valence-electron chi connectivity index (χ0n) is 21.8. The molecular weight excluding hydrogens is 470 g/mol. The van der Waals surface area contributed by atoms with Gasteiger partial charge < -0.3 is 9.64 Å². The van der Waals surface area contributed by atoms with E-state index in [0.717, 1.165) is 36.9 Å². The Bertz CT molecular complexity index is 1310. The first-order valence-corrected chi connectivity index (χ1v) is 12.7. The van der Waals surface area contributed by atoms with Crippen LogP contribution in [-0.2, 0) is 7.05 Å². The number of rotatable bonds is 5. The third-order valence-corrected chi connectivity index (χ3v) is 7.05. The van der Waals surface area contributed by atoms with Crippen LogP contribution in [0.5, 0.6) is 11.5 Å². The average Bonchev–Trinajstić information content (AvgIpc) is 3.41. The predicted molar refractivity (Wildman–Crippen MR) is 139 cm³/mol. The number of urea groups is 2. The smallest absolute Gasteiger partial charge is 0.331 e. The molecule has 1 aliphatic carbocycles. The summed E-state index contributed by atoms with van der Waals surface area (Å²) in [6, 6.07) is 6.54. The molecule has 194 valence electrons. The van der Waals surface area contributed by atoms with Crippen molar-refractivity contribution in [2.75, 3.05) is 11.9 Å². The van der Waals surface area contributed by atoms with Crippen LogP contribution in [-0.4, -0.2) is 59.7 Å². The SMILES string of the molecule is Cc1nc(NC(=O)N2CC(C)(C)N(C3CCCCC3)C2=O)ccc1Oc1ccnc(-c2cnn(C)c2)c1. The first kappa shape index (κ1) is 24.7. The number of imide groups is 1. The van der Waals surface area contributed by atoms with Crippen LogP contribution in [0.25, 0.3) is 11.3 Å². The second-order valence-corrected chi connectivity index (χ2v) is 10.4. The number of pyridine rings is 2. The molecule has 0 spiro atoms. The molecule has 1 aliphatic heterocycles. The van der Waals surface area contributed by atoms with E-state index in [-0.39, 0.29) is 12.1 Å². The summed E-state index contributed by atoms with van der Waals surface area (Å²) in [5.74, 6) is 1.54. The minimum Gasteiger partial charge on any atom is -0.455 e. The molecule has 0 bridgehead atoms. The molecule has 0 radical (unpaired) electrons. The molecule has 10 heteroatoms. The van der Waals surface area contributed by atoms with Gasteiger partial charge in [0.1, 0.15) is 17.3 Å². The van der Waals surface area contributed by atoms with Gasteiger partial charge in [-0.05, 0) is 51.8 Å². The van der Waals surface area contributed by atoms with Crippen molar-refractivity contribution in [2.45, 2.75) is 64.5 Å². The van der Waals surface area contributed by atoms with Gasteiger partial charge in [0.15, 0.2) is 0 Å². The summed E-state index contributed by atoms with van der Waals surface area (Å²) in [5, 5.41) is 6.98. The molecule has 2 aliphatic rings. The summed E-state index contributed by atoms with van der Waals surface area (Å²) < 4.78 is 7.77. The maximum atomic E-state index is 13.2. The van der Waals surface area contributed by atoms with Gasteiger partial charge in [-0.2, -0.15) is 5.10 Å². The zero-order valence-corrected chi connectivity index (χ0v) is 21.8. The van der Waals surface area contributed by atoms with E-state index < -0.39 is 11.6 Å². The van der Waals surface area contributed by atoms with Crippen molar-refractivity contribution in [2.24, 2.45) is 7.05 Å². The third kappa shape index (κ3) is 5.14. The molecule has 3 aromatic rings. The van der Waals surface area contributed by atoms with Crippen molar-refractivity contribution >= 4 is 17.9 Å². The molecule has 1 N–H and O–H groups in total. The fraction of sp³-hybridized carbons (Fsp3) is 0.444. The highest BCUT2D eigenvalue weighted by molar-refractivity contribution is 6.02. The summed E-state index contributed by atoms with van der Waals surface area (Å²) in [7, 11) is 1.85. The quantitative estimate of drug-likeness (QED) is 0.503. The monoisotopic (exact) mass is 503 g/mol. The standard InChI is InChI=1S/C27H33N7O3/c1-18-23(37-21-12-13-28-22(14-21)19-15-29-32(4)16-19)10-11-24(30-18)31-25(35)33-17-27(2,3)34(26(33)36)20-8-6-5-7-9-20/h10-16,20H,5-9,17H2,1-4H3,(H,30,31,35). The van der Waals surface area contributed by atoms with Gasteiger partial charge in [0.05, 0.1) is 29.7 Å². The molecule has 5 rings (SSSR count). The summed E-state index contributed by atoms with van der Waals surface area (Å²) >= 11 is 0. The van der Waals surface area contributed by atoms with E-state index >= 15 is 0 Å². The van der Waals surface area contributed by atoms with Crippen molar-refractivity contribution < 1.29 is 14.3 Å². The molecular formula is C27H33N7O3. The minimum absolute atomic E-state index is 0.192. The topological polar surface area (TPSA) is 105 Å². The molecule has 0 unspecified atom stereocenters. The number of hydrogen-bond donors (Lipinski definition) is 1. The van der Waals surface area contributed by atoms with Crippen LogP contribution < -0.4 is 10.1 Å². The molecule has 4 amide bonds. The van der Waals surface area contributed by atoms with Gasteiger partial charge in [0, 0.05) is 37.1 Å². The molecule has 1 saturated heterocycles. The van der Waals surface area contributed by atoms with Crippen LogP contribution in [0.3, 0.4) is 0 Å². The average molecular weight is 504 g/mol. The Morgan fingerprint density at radius 3 is 2.65 bits per heavy atom. The van der Waals surface area contributed by atoms with E-state index in [2.05, 4.69) is 20.4 Å². The number of carbonyl (C=O) groups is 2. The first-order valence-electron chi connectivity index (χ1n) is 12.7. The van der Waals surface area contributed by atoms with Crippen molar-refractivity contribution in [3.63, 3.8) is 0 Å². The predicted octanol–water partition coefficient (Wildman–Crippen LogP) is 5.36. The van der Waals surface area contributed by atoms with E-state index in [1.165, 1.54) is 11.3 Å².